The zero-order chi connectivity index (χ0) is 13.5. The van der Waals surface area contributed by atoms with Crippen molar-refractivity contribution in [2.24, 2.45) is 0 Å². The van der Waals surface area contributed by atoms with Crippen LogP contribution < -0.4 is 10.2 Å². The normalized spacial score (nSPS) is 11.2. The topological polar surface area (TPSA) is 31.4 Å². The van der Waals surface area contributed by atoms with E-state index < -0.39 is 0 Å². The van der Waals surface area contributed by atoms with Gasteiger partial charge >= 0.3 is 0 Å². The number of rotatable bonds is 8. The highest BCUT2D eigenvalue weighted by Crippen LogP contribution is 2.24. The molecular weight excluding hydrogens is 244 g/mol. The molecule has 1 aromatic heterocycles. The maximum absolute atomic E-state index is 4.65. The molecule has 0 spiro atoms. The Hall–Kier alpha value is -0.650. The van der Waals surface area contributed by atoms with Crippen molar-refractivity contribution >= 4 is 16.5 Å². The molecule has 5 heteroatoms. The minimum Gasteiger partial charge on any atom is -0.350 e. The van der Waals surface area contributed by atoms with Crippen molar-refractivity contribution in [2.75, 3.05) is 45.7 Å². The predicted molar refractivity (Wildman–Crippen MR) is 80.7 cm³/mol. The number of hydrogen-bond donors (Lipinski definition) is 1. The summed E-state index contributed by atoms with van der Waals surface area (Å²) >= 11 is 1.80. The summed E-state index contributed by atoms with van der Waals surface area (Å²) in [4.78, 5) is 10.4. The van der Waals surface area contributed by atoms with E-state index in [9.17, 15) is 0 Å². The van der Waals surface area contributed by atoms with Gasteiger partial charge in [0.15, 0.2) is 5.13 Å². The maximum atomic E-state index is 4.65. The van der Waals surface area contributed by atoms with E-state index in [2.05, 4.69) is 55.1 Å². The second-order valence-corrected chi connectivity index (χ2v) is 5.97. The molecule has 0 aliphatic carbocycles. The Morgan fingerprint density at radius 3 is 2.56 bits per heavy atom. The van der Waals surface area contributed by atoms with Crippen LogP contribution in [0.25, 0.3) is 0 Å². The second kappa shape index (κ2) is 7.71. The SMILES string of the molecule is CCCNCc1sc(N(C)CCN(C)C)nc1C. The Morgan fingerprint density at radius 1 is 1.22 bits per heavy atom. The molecule has 1 heterocycles. The number of anilines is 1. The molecule has 0 atom stereocenters. The number of thiazole rings is 1. The first kappa shape index (κ1) is 15.4. The van der Waals surface area contributed by atoms with Crippen molar-refractivity contribution in [3.8, 4) is 0 Å². The van der Waals surface area contributed by atoms with Gasteiger partial charge in [-0.05, 0) is 34.0 Å². The lowest BCUT2D eigenvalue weighted by molar-refractivity contribution is 0.416. The van der Waals surface area contributed by atoms with Crippen molar-refractivity contribution in [1.82, 2.24) is 15.2 Å². The number of hydrogen-bond acceptors (Lipinski definition) is 5. The first-order chi connectivity index (χ1) is 8.54. The van der Waals surface area contributed by atoms with Crippen LogP contribution in [-0.4, -0.2) is 50.7 Å². The number of aryl methyl sites for hydroxylation is 1. The first-order valence-electron chi connectivity index (χ1n) is 6.57. The molecule has 0 bridgehead atoms. The Bertz CT molecular complexity index is 349. The third-order valence-electron chi connectivity index (χ3n) is 2.80. The Balaban J connectivity index is 2.53. The summed E-state index contributed by atoms with van der Waals surface area (Å²) < 4.78 is 0. The van der Waals surface area contributed by atoms with E-state index in [0.717, 1.165) is 37.0 Å². The van der Waals surface area contributed by atoms with Crippen molar-refractivity contribution in [2.45, 2.75) is 26.8 Å². The highest BCUT2D eigenvalue weighted by atomic mass is 32.1. The minimum atomic E-state index is 0.943. The van der Waals surface area contributed by atoms with Crippen LogP contribution in [0.2, 0.25) is 0 Å². The molecule has 0 radical (unpaired) electrons. The molecular formula is C13H26N4S. The van der Waals surface area contributed by atoms with Gasteiger partial charge in [-0.15, -0.1) is 11.3 Å². The summed E-state index contributed by atoms with van der Waals surface area (Å²) in [5, 5.41) is 4.57. The Kier molecular flexibility index (Phi) is 6.60. The highest BCUT2D eigenvalue weighted by Gasteiger charge is 2.10. The monoisotopic (exact) mass is 270 g/mol. The van der Waals surface area contributed by atoms with E-state index in [1.54, 1.807) is 11.3 Å². The Morgan fingerprint density at radius 2 is 1.94 bits per heavy atom. The molecule has 1 rings (SSSR count). The van der Waals surface area contributed by atoms with Crippen LogP contribution in [0.1, 0.15) is 23.9 Å². The second-order valence-electron chi connectivity index (χ2n) is 4.91. The summed E-state index contributed by atoms with van der Waals surface area (Å²) in [5.41, 5.74) is 1.16. The van der Waals surface area contributed by atoms with E-state index in [1.165, 1.54) is 11.3 Å². The number of nitrogens with one attached hydrogen (secondary N) is 1. The summed E-state index contributed by atoms with van der Waals surface area (Å²) in [5.74, 6) is 0. The first-order valence-corrected chi connectivity index (χ1v) is 7.39. The van der Waals surface area contributed by atoms with Gasteiger partial charge < -0.3 is 15.1 Å². The molecule has 4 nitrogen and oxygen atoms in total. The molecule has 0 unspecified atom stereocenters. The quantitative estimate of drug-likeness (QED) is 0.732. The van der Waals surface area contributed by atoms with Crippen LogP contribution in [0.5, 0.6) is 0 Å². The molecule has 0 aliphatic rings. The van der Waals surface area contributed by atoms with Crippen molar-refractivity contribution in [3.05, 3.63) is 10.6 Å². The summed E-state index contributed by atoms with van der Waals surface area (Å²) in [6, 6.07) is 0. The van der Waals surface area contributed by atoms with Crippen molar-refractivity contribution < 1.29 is 0 Å². The standard InChI is InChI=1S/C13H26N4S/c1-6-7-14-10-12-11(2)15-13(18-12)17(5)9-8-16(3)4/h14H,6-10H2,1-5H3. The number of nitrogens with zero attached hydrogens (tertiary/aromatic N) is 3. The van der Waals surface area contributed by atoms with Gasteiger partial charge in [0.25, 0.3) is 0 Å². The molecule has 1 N–H and O–H groups in total. The molecule has 104 valence electrons. The lowest BCUT2D eigenvalue weighted by Crippen LogP contribution is -2.28. The van der Waals surface area contributed by atoms with Gasteiger partial charge in [0.2, 0.25) is 0 Å². The van der Waals surface area contributed by atoms with E-state index in [0.29, 0.717) is 0 Å². The lowest BCUT2D eigenvalue weighted by Gasteiger charge is -2.18. The molecule has 0 saturated heterocycles. The molecule has 0 saturated carbocycles. The molecule has 18 heavy (non-hydrogen) atoms. The third kappa shape index (κ3) is 4.92. The number of aromatic nitrogens is 1. The van der Waals surface area contributed by atoms with E-state index in [1.807, 2.05) is 0 Å². The smallest absolute Gasteiger partial charge is 0.185 e. The highest BCUT2D eigenvalue weighted by molar-refractivity contribution is 7.15. The van der Waals surface area contributed by atoms with Gasteiger partial charge in [0, 0.05) is 31.6 Å². The molecule has 1 aromatic rings. The van der Waals surface area contributed by atoms with Crippen LogP contribution >= 0.6 is 11.3 Å². The van der Waals surface area contributed by atoms with Gasteiger partial charge in [-0.2, -0.15) is 0 Å². The summed E-state index contributed by atoms with van der Waals surface area (Å²) in [6.07, 6.45) is 1.17. The molecule has 0 aliphatic heterocycles. The van der Waals surface area contributed by atoms with Gasteiger partial charge in [-0.3, -0.25) is 0 Å². The third-order valence-corrected chi connectivity index (χ3v) is 4.07. The fourth-order valence-corrected chi connectivity index (χ4v) is 2.58. The molecule has 0 fully saturated rings. The Labute approximate surface area is 115 Å². The van der Waals surface area contributed by atoms with Gasteiger partial charge in [-0.1, -0.05) is 6.92 Å². The fraction of sp³-hybridized carbons (Fsp3) is 0.769. The summed E-state index contributed by atoms with van der Waals surface area (Å²) in [7, 11) is 6.31. The summed E-state index contributed by atoms with van der Waals surface area (Å²) in [6.45, 7) is 8.37. The fourth-order valence-electron chi connectivity index (χ4n) is 1.56. The van der Waals surface area contributed by atoms with Crippen LogP contribution in [0.3, 0.4) is 0 Å². The van der Waals surface area contributed by atoms with E-state index >= 15 is 0 Å². The van der Waals surface area contributed by atoms with Crippen molar-refractivity contribution in [3.63, 3.8) is 0 Å². The van der Waals surface area contributed by atoms with Crippen LogP contribution in [0.15, 0.2) is 0 Å². The molecule has 0 aromatic carbocycles. The van der Waals surface area contributed by atoms with Gasteiger partial charge in [0.05, 0.1) is 5.69 Å². The average Bonchev–Trinajstić information content (AvgIpc) is 2.68. The lowest BCUT2D eigenvalue weighted by atomic mass is 10.4. The van der Waals surface area contributed by atoms with Crippen LogP contribution in [-0.2, 0) is 6.54 Å². The number of likely N-dealkylation sites (N-methyl/N-ethyl adjacent to an activating group) is 2. The minimum absolute atomic E-state index is 0.943. The van der Waals surface area contributed by atoms with Crippen molar-refractivity contribution in [1.29, 1.82) is 0 Å². The van der Waals surface area contributed by atoms with Gasteiger partial charge in [-0.25, -0.2) is 4.98 Å². The largest absolute Gasteiger partial charge is 0.350 e. The average molecular weight is 270 g/mol. The zero-order valence-corrected chi connectivity index (χ0v) is 13.1. The van der Waals surface area contributed by atoms with Crippen LogP contribution in [0.4, 0.5) is 5.13 Å². The van der Waals surface area contributed by atoms with E-state index in [-0.39, 0.29) is 0 Å². The zero-order valence-electron chi connectivity index (χ0n) is 12.3. The van der Waals surface area contributed by atoms with Gasteiger partial charge in [0.1, 0.15) is 0 Å². The predicted octanol–water partition coefficient (Wildman–Crippen LogP) is 1.95. The maximum Gasteiger partial charge on any atom is 0.185 e. The molecule has 0 amide bonds. The van der Waals surface area contributed by atoms with E-state index in [4.69, 9.17) is 0 Å². The van der Waals surface area contributed by atoms with Crippen LogP contribution in [0, 0.1) is 6.92 Å².